The minimum atomic E-state index is -5.05. The Bertz CT molecular complexity index is 1720. The van der Waals surface area contributed by atoms with Gasteiger partial charge in [-0.2, -0.15) is 26.3 Å². The number of halogens is 6. The van der Waals surface area contributed by atoms with E-state index < -0.39 is 58.7 Å². The molecule has 15 heteroatoms. The fourth-order valence-electron chi connectivity index (χ4n) is 3.86. The quantitative estimate of drug-likeness (QED) is 0.325. The van der Waals surface area contributed by atoms with Crippen LogP contribution in [0.1, 0.15) is 42.3 Å². The molecule has 0 radical (unpaired) electrons. The van der Waals surface area contributed by atoms with E-state index in [9.17, 15) is 45.5 Å². The Balaban J connectivity index is 1.62. The van der Waals surface area contributed by atoms with Crippen molar-refractivity contribution in [3.05, 3.63) is 102 Å². The second-order valence-electron chi connectivity index (χ2n) is 8.66. The van der Waals surface area contributed by atoms with Crippen LogP contribution in [0.2, 0.25) is 0 Å². The molecule has 0 saturated heterocycles. The van der Waals surface area contributed by atoms with Gasteiger partial charge in [-0.25, -0.2) is 9.59 Å². The molecule has 0 bridgehead atoms. The van der Waals surface area contributed by atoms with Crippen molar-refractivity contribution in [2.75, 3.05) is 0 Å². The first kappa shape index (κ1) is 28.6. The summed E-state index contributed by atoms with van der Waals surface area (Å²) in [6.07, 6.45) is -10.1. The molecule has 4 rings (SSSR count). The van der Waals surface area contributed by atoms with Crippen molar-refractivity contribution in [1.82, 2.24) is 14.5 Å². The van der Waals surface area contributed by atoms with Gasteiger partial charge in [-0.15, -0.1) is 11.3 Å². The number of carbonyl (C=O) groups excluding carboxylic acids is 1. The van der Waals surface area contributed by atoms with Gasteiger partial charge in [0.15, 0.2) is 0 Å². The topological polar surface area (TPSA) is 110 Å². The largest absolute Gasteiger partial charge is 0.478 e. The lowest BCUT2D eigenvalue weighted by Crippen LogP contribution is -2.38. The van der Waals surface area contributed by atoms with Gasteiger partial charge in [0.05, 0.1) is 33.5 Å². The van der Waals surface area contributed by atoms with E-state index in [1.165, 1.54) is 37.4 Å². The summed E-state index contributed by atoms with van der Waals surface area (Å²) in [5.74, 6) is -2.03. The Labute approximate surface area is 223 Å². The van der Waals surface area contributed by atoms with Gasteiger partial charge < -0.3 is 10.4 Å². The second-order valence-corrected chi connectivity index (χ2v) is 9.69. The Morgan fingerprint density at radius 3 is 2.00 bits per heavy atom. The SMILES string of the molecule is Cn1c(=O)n(Cc2ccc(C(=O)O)cc2)c(=O)c2cc(C(=O)NCc3cc(C(F)(F)F)cc(C(F)(F)F)c3)sc21. The minimum absolute atomic E-state index is 0.00713. The number of hydrogen-bond acceptors (Lipinski definition) is 5. The van der Waals surface area contributed by atoms with E-state index in [0.717, 1.165) is 20.5 Å². The lowest BCUT2D eigenvalue weighted by Gasteiger charge is -2.14. The van der Waals surface area contributed by atoms with E-state index in [2.05, 4.69) is 5.32 Å². The van der Waals surface area contributed by atoms with Gasteiger partial charge >= 0.3 is 24.0 Å². The molecule has 0 fully saturated rings. The maximum absolute atomic E-state index is 13.1. The number of aromatic carboxylic acids is 1. The summed E-state index contributed by atoms with van der Waals surface area (Å²) in [5.41, 5.74) is -4.51. The molecule has 1 amide bonds. The number of thiophene rings is 1. The third kappa shape index (κ3) is 5.78. The van der Waals surface area contributed by atoms with Gasteiger partial charge in [0, 0.05) is 13.6 Å². The summed E-state index contributed by atoms with van der Waals surface area (Å²) in [4.78, 5) is 49.7. The summed E-state index contributed by atoms with van der Waals surface area (Å²) in [6.45, 7) is -0.870. The van der Waals surface area contributed by atoms with Crippen molar-refractivity contribution in [3.8, 4) is 0 Å². The number of hydrogen-bond donors (Lipinski definition) is 2. The third-order valence-electron chi connectivity index (χ3n) is 5.88. The average molecular weight is 585 g/mol. The molecule has 2 heterocycles. The Morgan fingerprint density at radius 2 is 1.48 bits per heavy atom. The highest BCUT2D eigenvalue weighted by Gasteiger charge is 2.37. The Morgan fingerprint density at radius 1 is 0.900 bits per heavy atom. The average Bonchev–Trinajstić information content (AvgIpc) is 3.34. The van der Waals surface area contributed by atoms with Crippen molar-refractivity contribution in [2.24, 2.45) is 7.05 Å². The van der Waals surface area contributed by atoms with Crippen molar-refractivity contribution in [2.45, 2.75) is 25.4 Å². The third-order valence-corrected chi connectivity index (χ3v) is 7.09. The van der Waals surface area contributed by atoms with E-state index >= 15 is 0 Å². The van der Waals surface area contributed by atoms with Crippen LogP contribution in [0.25, 0.3) is 10.2 Å². The van der Waals surface area contributed by atoms with Crippen LogP contribution < -0.4 is 16.6 Å². The predicted octanol–water partition coefficient (Wildman–Crippen LogP) is 4.48. The summed E-state index contributed by atoms with van der Waals surface area (Å²) in [6, 6.07) is 7.62. The number of aromatic nitrogens is 2. The number of fused-ring (bicyclic) bond motifs is 1. The van der Waals surface area contributed by atoms with Gasteiger partial charge in [0.2, 0.25) is 0 Å². The van der Waals surface area contributed by atoms with Gasteiger partial charge in [-0.05, 0) is 47.5 Å². The molecule has 40 heavy (non-hydrogen) atoms. The Kier molecular flexibility index (Phi) is 7.36. The molecule has 2 N–H and O–H groups in total. The molecule has 8 nitrogen and oxygen atoms in total. The van der Waals surface area contributed by atoms with Gasteiger partial charge in [0.25, 0.3) is 11.5 Å². The minimum Gasteiger partial charge on any atom is -0.478 e. The van der Waals surface area contributed by atoms with E-state index in [1.54, 1.807) is 0 Å². The Hall–Kier alpha value is -4.40. The smallest absolute Gasteiger partial charge is 0.416 e. The fraction of sp³-hybridized carbons (Fsp3) is 0.200. The standard InChI is InChI=1S/C25H17F6N3O5S/c1-33-21-17(20(36)34(23(33)39)11-12-2-4-14(5-3-12)22(37)38)9-18(40-21)19(35)32-10-13-6-15(24(26,27)28)8-16(7-13)25(29,30)31/h2-9H,10-11H2,1H3,(H,32,35)(H,37,38). The first-order chi connectivity index (χ1) is 18.6. The highest BCUT2D eigenvalue weighted by atomic mass is 32.1. The molecule has 0 saturated carbocycles. The number of nitrogens with zero attached hydrogens (tertiary/aromatic N) is 2. The zero-order chi connectivity index (χ0) is 29.6. The molecule has 0 aliphatic heterocycles. The molecule has 0 aliphatic carbocycles. The molecule has 0 spiro atoms. The maximum Gasteiger partial charge on any atom is 0.416 e. The number of carboxylic acids is 1. The predicted molar refractivity (Wildman–Crippen MR) is 131 cm³/mol. The lowest BCUT2D eigenvalue weighted by molar-refractivity contribution is -0.143. The molecule has 0 atom stereocenters. The first-order valence-corrected chi connectivity index (χ1v) is 12.0. The van der Waals surface area contributed by atoms with E-state index in [-0.39, 0.29) is 33.3 Å². The van der Waals surface area contributed by atoms with Crippen LogP contribution in [0.15, 0.2) is 58.1 Å². The zero-order valence-corrected chi connectivity index (χ0v) is 21.0. The highest BCUT2D eigenvalue weighted by molar-refractivity contribution is 7.20. The van der Waals surface area contributed by atoms with Crippen molar-refractivity contribution in [1.29, 1.82) is 0 Å². The van der Waals surface area contributed by atoms with Gasteiger partial charge in [0.1, 0.15) is 4.83 Å². The number of alkyl halides is 6. The summed E-state index contributed by atoms with van der Waals surface area (Å²) >= 11 is 0.743. The van der Waals surface area contributed by atoms with Crippen molar-refractivity contribution < 1.29 is 41.0 Å². The molecular weight excluding hydrogens is 568 g/mol. The van der Waals surface area contributed by atoms with Gasteiger partial charge in [-0.1, -0.05) is 12.1 Å². The number of nitrogens with one attached hydrogen (secondary N) is 1. The number of amides is 1. The maximum atomic E-state index is 13.1. The zero-order valence-electron chi connectivity index (χ0n) is 20.2. The number of aryl methyl sites for hydroxylation is 1. The molecule has 210 valence electrons. The van der Waals surface area contributed by atoms with Crippen molar-refractivity contribution >= 4 is 33.4 Å². The fourth-order valence-corrected chi connectivity index (χ4v) is 4.88. The molecule has 2 aromatic heterocycles. The monoisotopic (exact) mass is 585 g/mol. The second kappa shape index (κ2) is 10.3. The highest BCUT2D eigenvalue weighted by Crippen LogP contribution is 2.36. The van der Waals surface area contributed by atoms with Crippen LogP contribution in [0.5, 0.6) is 0 Å². The van der Waals surface area contributed by atoms with Crippen LogP contribution in [0, 0.1) is 0 Å². The van der Waals surface area contributed by atoms with Crippen LogP contribution in [0.3, 0.4) is 0 Å². The molecule has 0 aliphatic rings. The molecule has 2 aromatic carbocycles. The summed E-state index contributed by atoms with van der Waals surface area (Å²) < 4.78 is 80.7. The van der Waals surface area contributed by atoms with Gasteiger partial charge in [-0.3, -0.25) is 18.7 Å². The van der Waals surface area contributed by atoms with E-state index in [4.69, 9.17) is 5.11 Å². The summed E-state index contributed by atoms with van der Waals surface area (Å²) in [5, 5.41) is 11.2. The molecule has 0 unspecified atom stereocenters. The molecular formula is C25H17F6N3O5S. The van der Waals surface area contributed by atoms with Crippen LogP contribution in [0.4, 0.5) is 26.3 Å². The number of carboxylic acid groups (broad SMARTS) is 1. The summed E-state index contributed by atoms with van der Waals surface area (Å²) in [7, 11) is 1.35. The van der Waals surface area contributed by atoms with Crippen LogP contribution in [-0.2, 0) is 32.5 Å². The lowest BCUT2D eigenvalue weighted by atomic mass is 10.0. The van der Waals surface area contributed by atoms with Crippen LogP contribution in [-0.4, -0.2) is 26.1 Å². The van der Waals surface area contributed by atoms with E-state index in [0.29, 0.717) is 17.7 Å². The normalized spacial score (nSPS) is 12.1. The first-order valence-electron chi connectivity index (χ1n) is 11.2. The van der Waals surface area contributed by atoms with E-state index in [1.807, 2.05) is 0 Å². The number of benzene rings is 2. The number of carbonyl (C=O) groups is 2. The number of rotatable bonds is 6. The molecule has 4 aromatic rings. The van der Waals surface area contributed by atoms with Crippen molar-refractivity contribution in [3.63, 3.8) is 0 Å². The van der Waals surface area contributed by atoms with Crippen LogP contribution >= 0.6 is 11.3 Å².